The van der Waals surface area contributed by atoms with Gasteiger partial charge in [0.2, 0.25) is 0 Å². The number of benzene rings is 3. The summed E-state index contributed by atoms with van der Waals surface area (Å²) in [5.41, 5.74) is 6.33. The predicted molar refractivity (Wildman–Crippen MR) is 148 cm³/mol. The molecule has 3 aliphatic rings. The van der Waals surface area contributed by atoms with E-state index in [1.165, 1.54) is 11.6 Å². The zero-order chi connectivity index (χ0) is 27.5. The standard InChI is InChI=1S/C33H32FNO4/c1-19-6-11-29(34)25(13-19)22-9-7-20(14-24(22)26-5-4-12-32(26,2)3)17-39-21-8-10-23-27(15-21)33(18-35-30(23)36)16-28(33)31(37)38/h5-11,13-15,28H,4,12,16-18H2,1-3H3,(H,35,36)(H,37,38)/t28-,33-/m0/s1. The predicted octanol–water partition coefficient (Wildman–Crippen LogP) is 6.67. The summed E-state index contributed by atoms with van der Waals surface area (Å²) in [6, 6.07) is 16.6. The first-order chi connectivity index (χ1) is 18.6. The fraction of sp³-hybridized carbons (Fsp3) is 0.333. The van der Waals surface area contributed by atoms with Gasteiger partial charge in [0.1, 0.15) is 18.2 Å². The molecule has 200 valence electrons. The van der Waals surface area contributed by atoms with Crippen LogP contribution in [-0.4, -0.2) is 23.5 Å². The van der Waals surface area contributed by atoms with Crippen LogP contribution in [0.1, 0.15) is 65.7 Å². The summed E-state index contributed by atoms with van der Waals surface area (Å²) in [4.78, 5) is 24.2. The zero-order valence-corrected chi connectivity index (χ0v) is 22.4. The van der Waals surface area contributed by atoms with Crippen molar-refractivity contribution in [3.8, 4) is 16.9 Å². The Balaban J connectivity index is 1.33. The highest BCUT2D eigenvalue weighted by Crippen LogP contribution is 2.56. The van der Waals surface area contributed by atoms with Crippen molar-refractivity contribution in [1.82, 2.24) is 5.32 Å². The SMILES string of the molecule is Cc1ccc(F)c(-c2ccc(COc3ccc4c(c3)[C@@]3(CNC4=O)C[C@H]3C(=O)O)cc2C2=CCCC2(C)C)c1. The molecule has 0 bridgehead atoms. The molecule has 2 N–H and O–H groups in total. The average Bonchev–Trinajstić information content (AvgIpc) is 3.54. The number of ether oxygens (including phenoxy) is 1. The van der Waals surface area contributed by atoms with Crippen LogP contribution < -0.4 is 10.1 Å². The Morgan fingerprint density at radius 3 is 2.56 bits per heavy atom. The van der Waals surface area contributed by atoms with Crippen LogP contribution in [0.3, 0.4) is 0 Å². The molecule has 39 heavy (non-hydrogen) atoms. The quantitative estimate of drug-likeness (QED) is 0.377. The van der Waals surface area contributed by atoms with Crippen molar-refractivity contribution >= 4 is 17.4 Å². The van der Waals surface area contributed by atoms with Gasteiger partial charge in [0.25, 0.3) is 5.91 Å². The third-order valence-corrected chi connectivity index (χ3v) is 8.75. The number of hydrogen-bond donors (Lipinski definition) is 2. The molecule has 6 heteroatoms. The van der Waals surface area contributed by atoms with E-state index >= 15 is 0 Å². The number of nitrogens with one attached hydrogen (secondary N) is 1. The van der Waals surface area contributed by atoms with Crippen LogP contribution in [0.25, 0.3) is 16.7 Å². The lowest BCUT2D eigenvalue weighted by molar-refractivity contribution is -0.139. The van der Waals surface area contributed by atoms with E-state index in [0.29, 0.717) is 29.8 Å². The number of carboxylic acids is 1. The van der Waals surface area contributed by atoms with Crippen molar-refractivity contribution in [3.63, 3.8) is 0 Å². The molecule has 2 aliphatic carbocycles. The third kappa shape index (κ3) is 4.32. The van der Waals surface area contributed by atoms with Crippen LogP contribution in [0.2, 0.25) is 0 Å². The number of hydrogen-bond acceptors (Lipinski definition) is 3. The number of aryl methyl sites for hydroxylation is 1. The molecule has 1 fully saturated rings. The minimum absolute atomic E-state index is 0.0210. The molecule has 0 radical (unpaired) electrons. The molecule has 1 spiro atoms. The highest BCUT2D eigenvalue weighted by Gasteiger charge is 2.62. The maximum Gasteiger partial charge on any atom is 0.307 e. The average molecular weight is 526 g/mol. The topological polar surface area (TPSA) is 75.6 Å². The zero-order valence-electron chi connectivity index (χ0n) is 22.4. The molecule has 3 aromatic carbocycles. The van der Waals surface area contributed by atoms with Crippen LogP contribution in [0, 0.1) is 24.1 Å². The number of carbonyl (C=O) groups is 2. The summed E-state index contributed by atoms with van der Waals surface area (Å²) in [7, 11) is 0. The first-order valence-corrected chi connectivity index (χ1v) is 13.5. The molecular weight excluding hydrogens is 493 g/mol. The Labute approximate surface area is 227 Å². The van der Waals surface area contributed by atoms with E-state index in [2.05, 4.69) is 31.3 Å². The van der Waals surface area contributed by atoms with Crippen LogP contribution in [0.5, 0.6) is 5.75 Å². The van der Waals surface area contributed by atoms with E-state index in [0.717, 1.165) is 40.7 Å². The Kier molecular flexibility index (Phi) is 5.90. The van der Waals surface area contributed by atoms with Gasteiger partial charge in [-0.25, -0.2) is 4.39 Å². The van der Waals surface area contributed by atoms with Gasteiger partial charge in [0, 0.05) is 23.1 Å². The highest BCUT2D eigenvalue weighted by molar-refractivity contribution is 5.99. The second kappa shape index (κ2) is 9.08. The number of halogens is 1. The van der Waals surface area contributed by atoms with E-state index in [9.17, 15) is 19.1 Å². The van der Waals surface area contributed by atoms with Crippen molar-refractivity contribution in [2.24, 2.45) is 11.3 Å². The minimum atomic E-state index is -0.842. The van der Waals surface area contributed by atoms with Crippen LogP contribution >= 0.6 is 0 Å². The Bertz CT molecular complexity index is 1560. The summed E-state index contributed by atoms with van der Waals surface area (Å²) in [6.07, 6.45) is 4.80. The summed E-state index contributed by atoms with van der Waals surface area (Å²) < 4.78 is 21.2. The van der Waals surface area contributed by atoms with Crippen molar-refractivity contribution < 1.29 is 23.8 Å². The molecule has 1 saturated carbocycles. The maximum absolute atomic E-state index is 15.0. The number of rotatable bonds is 6. The summed E-state index contributed by atoms with van der Waals surface area (Å²) in [6.45, 7) is 7.04. The van der Waals surface area contributed by atoms with Crippen LogP contribution in [0.15, 0.2) is 60.7 Å². The summed E-state index contributed by atoms with van der Waals surface area (Å²) in [5, 5.41) is 12.4. The second-order valence-electron chi connectivity index (χ2n) is 11.8. The lowest BCUT2D eigenvalue weighted by Gasteiger charge is -2.27. The molecule has 1 aliphatic heterocycles. The first-order valence-electron chi connectivity index (χ1n) is 13.5. The molecule has 6 rings (SSSR count). The maximum atomic E-state index is 15.0. The molecule has 1 heterocycles. The molecule has 0 aromatic heterocycles. The monoisotopic (exact) mass is 525 g/mol. The minimum Gasteiger partial charge on any atom is -0.489 e. The number of amides is 1. The van der Waals surface area contributed by atoms with Gasteiger partial charge in [-0.1, -0.05) is 43.7 Å². The molecular formula is C33H32FNO4. The van der Waals surface area contributed by atoms with Gasteiger partial charge in [-0.2, -0.15) is 0 Å². The normalized spacial score (nSPS) is 22.7. The molecule has 5 nitrogen and oxygen atoms in total. The third-order valence-electron chi connectivity index (χ3n) is 8.75. The molecule has 0 saturated heterocycles. The second-order valence-corrected chi connectivity index (χ2v) is 11.8. The van der Waals surface area contributed by atoms with Crippen molar-refractivity contribution in [2.75, 3.05) is 6.54 Å². The Morgan fingerprint density at radius 2 is 1.85 bits per heavy atom. The number of aliphatic carboxylic acids is 1. The van der Waals surface area contributed by atoms with Gasteiger partial charge < -0.3 is 15.2 Å². The molecule has 3 aromatic rings. The number of allylic oxidation sites excluding steroid dienone is 2. The lowest BCUT2D eigenvalue weighted by atomic mass is 9.79. The van der Waals surface area contributed by atoms with Crippen molar-refractivity contribution in [3.05, 3.63) is 94.3 Å². The van der Waals surface area contributed by atoms with E-state index in [-0.39, 0.29) is 23.7 Å². The van der Waals surface area contributed by atoms with Gasteiger partial charge >= 0.3 is 5.97 Å². The van der Waals surface area contributed by atoms with Crippen molar-refractivity contribution in [2.45, 2.75) is 52.1 Å². The Morgan fingerprint density at radius 1 is 1.05 bits per heavy atom. The van der Waals surface area contributed by atoms with Gasteiger partial charge in [0.15, 0.2) is 0 Å². The Hall–Kier alpha value is -3.93. The molecule has 0 unspecified atom stereocenters. The summed E-state index contributed by atoms with van der Waals surface area (Å²) >= 11 is 0. The molecule has 1 amide bonds. The van der Waals surface area contributed by atoms with Gasteiger partial charge in [-0.05, 0) is 95.8 Å². The smallest absolute Gasteiger partial charge is 0.307 e. The lowest BCUT2D eigenvalue weighted by Crippen LogP contribution is -2.41. The van der Waals surface area contributed by atoms with Crippen LogP contribution in [-0.2, 0) is 16.8 Å². The first kappa shape index (κ1) is 25.4. The van der Waals surface area contributed by atoms with Gasteiger partial charge in [0.05, 0.1) is 5.92 Å². The number of carbonyl (C=O) groups excluding carboxylic acids is 1. The fourth-order valence-electron chi connectivity index (χ4n) is 6.39. The van der Waals surface area contributed by atoms with E-state index in [1.54, 1.807) is 18.2 Å². The van der Waals surface area contributed by atoms with Crippen molar-refractivity contribution in [1.29, 1.82) is 0 Å². The van der Waals surface area contributed by atoms with E-state index in [1.807, 2.05) is 31.2 Å². The highest BCUT2D eigenvalue weighted by atomic mass is 19.1. The largest absolute Gasteiger partial charge is 0.489 e. The van der Waals surface area contributed by atoms with Gasteiger partial charge in [-0.15, -0.1) is 0 Å². The summed E-state index contributed by atoms with van der Waals surface area (Å²) in [5.74, 6) is -1.18. The van der Waals surface area contributed by atoms with E-state index < -0.39 is 17.3 Å². The molecule has 2 atom stereocenters. The van der Waals surface area contributed by atoms with E-state index in [4.69, 9.17) is 4.74 Å². The number of carboxylic acid groups (broad SMARTS) is 1. The van der Waals surface area contributed by atoms with Gasteiger partial charge in [-0.3, -0.25) is 9.59 Å². The van der Waals surface area contributed by atoms with Crippen LogP contribution in [0.4, 0.5) is 4.39 Å². The number of fused-ring (bicyclic) bond motifs is 2. The fourth-order valence-corrected chi connectivity index (χ4v) is 6.39.